The molecule has 6 nitrogen and oxygen atoms in total. The lowest BCUT2D eigenvalue weighted by Crippen LogP contribution is -2.24. The van der Waals surface area contributed by atoms with Gasteiger partial charge in [0.25, 0.3) is 5.91 Å². The van der Waals surface area contributed by atoms with E-state index in [1.807, 2.05) is 54.8 Å². The molecule has 3 rings (SSSR count). The molecular formula is C22H23N3O3S. The Bertz CT molecular complexity index is 977. The quantitative estimate of drug-likeness (QED) is 0.541. The highest BCUT2D eigenvalue weighted by Gasteiger charge is 2.11. The number of hydrogen-bond donors (Lipinski definition) is 2. The van der Waals surface area contributed by atoms with Gasteiger partial charge in [0, 0.05) is 18.6 Å². The topological polar surface area (TPSA) is 86.5 Å². The van der Waals surface area contributed by atoms with Gasteiger partial charge in [-0.15, -0.1) is 11.8 Å². The molecule has 0 atom stereocenters. The second-order valence-electron chi connectivity index (χ2n) is 6.25. The Labute approximate surface area is 174 Å². The van der Waals surface area contributed by atoms with Gasteiger partial charge >= 0.3 is 0 Å². The summed E-state index contributed by atoms with van der Waals surface area (Å²) in [5, 5.41) is 2.86. The average Bonchev–Trinajstić information content (AvgIpc) is 2.74. The van der Waals surface area contributed by atoms with E-state index in [4.69, 9.17) is 15.2 Å². The third-order valence-electron chi connectivity index (χ3n) is 4.19. The molecule has 0 spiro atoms. The van der Waals surface area contributed by atoms with Crippen LogP contribution in [0.3, 0.4) is 0 Å². The van der Waals surface area contributed by atoms with E-state index >= 15 is 0 Å². The number of methoxy groups -OCH3 is 1. The maximum atomic E-state index is 12.4. The number of pyridine rings is 1. The predicted molar refractivity (Wildman–Crippen MR) is 115 cm³/mol. The molecule has 0 fully saturated rings. The molecule has 0 radical (unpaired) electrons. The highest BCUT2D eigenvalue weighted by Crippen LogP contribution is 2.31. The van der Waals surface area contributed by atoms with Crippen molar-refractivity contribution in [3.63, 3.8) is 0 Å². The van der Waals surface area contributed by atoms with Crippen molar-refractivity contribution in [3.8, 4) is 11.5 Å². The van der Waals surface area contributed by atoms with E-state index in [-0.39, 0.29) is 11.7 Å². The van der Waals surface area contributed by atoms with Gasteiger partial charge in [0.1, 0.15) is 17.3 Å². The van der Waals surface area contributed by atoms with Crippen LogP contribution in [0.4, 0.5) is 5.82 Å². The number of amides is 1. The molecule has 0 saturated heterocycles. The summed E-state index contributed by atoms with van der Waals surface area (Å²) in [5.74, 6) is 1.48. The first-order valence-electron chi connectivity index (χ1n) is 9.03. The first-order chi connectivity index (χ1) is 14.1. The number of nitrogens with two attached hydrogens (primary N) is 1. The highest BCUT2D eigenvalue weighted by atomic mass is 32.2. The zero-order valence-corrected chi connectivity index (χ0v) is 17.2. The Morgan fingerprint density at radius 3 is 2.55 bits per heavy atom. The fraction of sp³-hybridized carbons (Fsp3) is 0.182. The van der Waals surface area contributed by atoms with Crippen LogP contribution in [0, 0.1) is 0 Å². The molecule has 29 heavy (non-hydrogen) atoms. The number of carbonyl (C=O) groups is 1. The molecule has 0 aliphatic rings. The lowest BCUT2D eigenvalue weighted by atomic mass is 10.2. The normalized spacial score (nSPS) is 10.6. The Hall–Kier alpha value is -3.03. The van der Waals surface area contributed by atoms with Crippen molar-refractivity contribution < 1.29 is 14.3 Å². The molecule has 0 bridgehead atoms. The molecule has 150 valence electrons. The number of thioether (sulfide) groups is 1. The van der Waals surface area contributed by atoms with Crippen molar-refractivity contribution in [3.05, 3.63) is 77.5 Å². The molecule has 1 aromatic heterocycles. The summed E-state index contributed by atoms with van der Waals surface area (Å²) in [6.45, 7) is 0.724. The van der Waals surface area contributed by atoms with E-state index in [0.717, 1.165) is 22.0 Å². The molecule has 3 N–H and O–H groups in total. The lowest BCUT2D eigenvalue weighted by Gasteiger charge is -2.11. The third-order valence-corrected chi connectivity index (χ3v) is 4.97. The molecule has 1 heterocycles. The van der Waals surface area contributed by atoms with Crippen LogP contribution in [0.1, 0.15) is 21.6 Å². The predicted octanol–water partition coefficient (Wildman–Crippen LogP) is 4.25. The van der Waals surface area contributed by atoms with Crippen LogP contribution in [0.2, 0.25) is 0 Å². The van der Waals surface area contributed by atoms with Crippen LogP contribution in [0.5, 0.6) is 11.5 Å². The zero-order chi connectivity index (χ0) is 20.6. The van der Waals surface area contributed by atoms with Crippen LogP contribution in [0.15, 0.2) is 65.6 Å². The number of ether oxygens (including phenoxy) is 2. The number of nitrogens with one attached hydrogen (secondary N) is 1. The van der Waals surface area contributed by atoms with Crippen molar-refractivity contribution >= 4 is 23.5 Å². The van der Waals surface area contributed by atoms with Crippen molar-refractivity contribution in [1.82, 2.24) is 10.3 Å². The van der Waals surface area contributed by atoms with Crippen LogP contribution in [-0.2, 0) is 17.9 Å². The summed E-state index contributed by atoms with van der Waals surface area (Å²) in [4.78, 5) is 17.7. The van der Waals surface area contributed by atoms with Crippen molar-refractivity contribution in [2.75, 3.05) is 19.1 Å². The Morgan fingerprint density at radius 1 is 1.10 bits per heavy atom. The minimum absolute atomic E-state index is 0.188. The molecule has 2 aromatic carbocycles. The minimum Gasteiger partial charge on any atom is -0.456 e. The Kier molecular flexibility index (Phi) is 7.10. The first kappa shape index (κ1) is 20.7. The van der Waals surface area contributed by atoms with Gasteiger partial charge in [0.05, 0.1) is 17.9 Å². The monoisotopic (exact) mass is 409 g/mol. The minimum atomic E-state index is -0.270. The van der Waals surface area contributed by atoms with E-state index in [9.17, 15) is 4.79 Å². The molecule has 7 heteroatoms. The van der Waals surface area contributed by atoms with Gasteiger partial charge in [0.2, 0.25) is 0 Å². The van der Waals surface area contributed by atoms with Crippen LogP contribution in [0.25, 0.3) is 0 Å². The van der Waals surface area contributed by atoms with Gasteiger partial charge in [-0.05, 0) is 48.2 Å². The maximum Gasteiger partial charge on any atom is 0.255 e. The molecule has 3 aromatic rings. The Morgan fingerprint density at radius 2 is 1.86 bits per heavy atom. The summed E-state index contributed by atoms with van der Waals surface area (Å²) in [7, 11) is 1.58. The summed E-state index contributed by atoms with van der Waals surface area (Å²) in [6.07, 6.45) is 2.02. The first-order valence-corrected chi connectivity index (χ1v) is 10.3. The maximum absolute atomic E-state index is 12.4. The third kappa shape index (κ3) is 5.49. The summed E-state index contributed by atoms with van der Waals surface area (Å²) in [5.41, 5.74) is 7.87. The number of carbonyl (C=O) groups excluding carboxylic acids is 1. The fourth-order valence-electron chi connectivity index (χ4n) is 2.72. The largest absolute Gasteiger partial charge is 0.456 e. The fourth-order valence-corrected chi connectivity index (χ4v) is 3.25. The average molecular weight is 410 g/mol. The van der Waals surface area contributed by atoms with E-state index < -0.39 is 0 Å². The van der Waals surface area contributed by atoms with Crippen molar-refractivity contribution in [2.45, 2.75) is 18.0 Å². The standard InChI is InChI=1S/C22H23N3O3S/c1-27-14-16-9-12-18(21(23)25-16)22(26)24-13-15-7-10-17(11-8-15)28-19-5-3-4-6-20(19)29-2/h3-12H,13-14H2,1-2H3,(H2,23,25)(H,24,26). The molecular weight excluding hydrogens is 386 g/mol. The van der Waals surface area contributed by atoms with Gasteiger partial charge < -0.3 is 20.5 Å². The van der Waals surface area contributed by atoms with Crippen LogP contribution >= 0.6 is 11.8 Å². The lowest BCUT2D eigenvalue weighted by molar-refractivity contribution is 0.0951. The number of nitrogens with zero attached hydrogens (tertiary/aromatic N) is 1. The number of para-hydroxylation sites is 1. The second kappa shape index (κ2) is 9.95. The molecule has 0 aliphatic carbocycles. The number of nitrogen functional groups attached to an aromatic ring is 1. The molecule has 0 aliphatic heterocycles. The highest BCUT2D eigenvalue weighted by molar-refractivity contribution is 7.98. The van der Waals surface area contributed by atoms with E-state index in [2.05, 4.69) is 10.3 Å². The van der Waals surface area contributed by atoms with Gasteiger partial charge in [-0.25, -0.2) is 4.98 Å². The van der Waals surface area contributed by atoms with Gasteiger partial charge in [0.15, 0.2) is 0 Å². The number of anilines is 1. The number of rotatable bonds is 8. The molecule has 0 unspecified atom stereocenters. The van der Waals surface area contributed by atoms with E-state index in [0.29, 0.717) is 24.4 Å². The Balaban J connectivity index is 1.59. The van der Waals surface area contributed by atoms with Crippen LogP contribution in [-0.4, -0.2) is 24.3 Å². The van der Waals surface area contributed by atoms with Crippen LogP contribution < -0.4 is 15.8 Å². The SMILES string of the molecule is COCc1ccc(C(=O)NCc2ccc(Oc3ccccc3SC)cc2)c(N)n1. The number of benzene rings is 2. The summed E-state index contributed by atoms with van der Waals surface area (Å²) in [6, 6.07) is 18.9. The zero-order valence-electron chi connectivity index (χ0n) is 16.3. The molecule has 1 amide bonds. The molecule has 0 saturated carbocycles. The summed E-state index contributed by atoms with van der Waals surface area (Å²) < 4.78 is 11.0. The van der Waals surface area contributed by atoms with Gasteiger partial charge in [-0.1, -0.05) is 24.3 Å². The van der Waals surface area contributed by atoms with E-state index in [1.165, 1.54) is 0 Å². The summed E-state index contributed by atoms with van der Waals surface area (Å²) >= 11 is 1.64. The van der Waals surface area contributed by atoms with E-state index in [1.54, 1.807) is 31.0 Å². The number of hydrogen-bond acceptors (Lipinski definition) is 6. The van der Waals surface area contributed by atoms with Gasteiger partial charge in [-0.3, -0.25) is 4.79 Å². The second-order valence-corrected chi connectivity index (χ2v) is 7.10. The number of aromatic nitrogens is 1. The van der Waals surface area contributed by atoms with Gasteiger partial charge in [-0.2, -0.15) is 0 Å². The van der Waals surface area contributed by atoms with Crippen molar-refractivity contribution in [1.29, 1.82) is 0 Å². The van der Waals surface area contributed by atoms with Crippen molar-refractivity contribution in [2.24, 2.45) is 0 Å². The smallest absolute Gasteiger partial charge is 0.255 e.